The summed E-state index contributed by atoms with van der Waals surface area (Å²) in [5.74, 6) is 0.0669. The minimum absolute atomic E-state index is 0.0669. The van der Waals surface area contributed by atoms with Gasteiger partial charge in [-0.25, -0.2) is 9.97 Å². The molecule has 0 spiro atoms. The molecular formula is C14H18N4O6. The standard InChI is InChI=1S/C14H18N4O6/c1-14(23-2)10(21)8(5-20)24-13(14)18-3-7(4-19)9-11(17-22)15-6-16-12(9)18/h3-4,6,8,10,13,20-22H,5H2,1-2H3,(H,15,16,17)/t8?,10?,13-,14?/m1/s1. The number of hydrogen-bond acceptors (Lipinski definition) is 9. The van der Waals surface area contributed by atoms with Gasteiger partial charge in [0.2, 0.25) is 0 Å². The Hall–Kier alpha value is -2.11. The van der Waals surface area contributed by atoms with Crippen LogP contribution in [-0.2, 0) is 9.47 Å². The van der Waals surface area contributed by atoms with Gasteiger partial charge in [0, 0.05) is 18.9 Å². The van der Waals surface area contributed by atoms with Crippen LogP contribution in [0.15, 0.2) is 12.5 Å². The van der Waals surface area contributed by atoms with Crippen LogP contribution in [0, 0.1) is 0 Å². The molecule has 24 heavy (non-hydrogen) atoms. The summed E-state index contributed by atoms with van der Waals surface area (Å²) >= 11 is 0. The number of hydrogen-bond donors (Lipinski definition) is 4. The summed E-state index contributed by atoms with van der Waals surface area (Å²) in [6.45, 7) is 1.24. The second-order valence-electron chi connectivity index (χ2n) is 5.68. The number of anilines is 1. The van der Waals surface area contributed by atoms with Crippen LogP contribution in [0.4, 0.5) is 5.82 Å². The Bertz CT molecular complexity index is 765. The molecule has 1 fully saturated rings. The number of aliphatic hydroxyl groups is 2. The predicted molar refractivity (Wildman–Crippen MR) is 80.7 cm³/mol. The van der Waals surface area contributed by atoms with Gasteiger partial charge in [0.25, 0.3) is 0 Å². The highest BCUT2D eigenvalue weighted by molar-refractivity contribution is 6.01. The van der Waals surface area contributed by atoms with E-state index in [4.69, 9.17) is 9.47 Å². The van der Waals surface area contributed by atoms with Crippen LogP contribution < -0.4 is 5.48 Å². The average Bonchev–Trinajstić information content (AvgIpc) is 3.11. The molecule has 1 saturated heterocycles. The van der Waals surface area contributed by atoms with E-state index in [2.05, 4.69) is 9.97 Å². The zero-order valence-corrected chi connectivity index (χ0v) is 13.1. The van der Waals surface area contributed by atoms with Crippen molar-refractivity contribution in [3.8, 4) is 0 Å². The molecule has 1 aliphatic heterocycles. The molecule has 2 aromatic rings. The van der Waals surface area contributed by atoms with Gasteiger partial charge in [0.15, 0.2) is 18.3 Å². The summed E-state index contributed by atoms with van der Waals surface area (Å²) in [5, 5.41) is 29.3. The first-order valence-corrected chi connectivity index (χ1v) is 7.22. The number of ether oxygens (including phenoxy) is 2. The number of fused-ring (bicyclic) bond motifs is 1. The second kappa shape index (κ2) is 6.07. The Morgan fingerprint density at radius 1 is 1.54 bits per heavy atom. The highest BCUT2D eigenvalue weighted by atomic mass is 16.6. The third kappa shape index (κ3) is 2.19. The maximum absolute atomic E-state index is 11.4. The summed E-state index contributed by atoms with van der Waals surface area (Å²) in [6, 6.07) is 0. The number of aldehydes is 1. The quantitative estimate of drug-likeness (QED) is 0.427. The van der Waals surface area contributed by atoms with E-state index >= 15 is 0 Å². The minimum atomic E-state index is -1.18. The van der Waals surface area contributed by atoms with Crippen molar-refractivity contribution in [3.63, 3.8) is 0 Å². The normalized spacial score (nSPS) is 30.0. The summed E-state index contributed by atoms with van der Waals surface area (Å²) in [5.41, 5.74) is 1.28. The van der Waals surface area contributed by atoms with E-state index in [1.165, 1.54) is 24.2 Å². The first kappa shape index (κ1) is 16.7. The van der Waals surface area contributed by atoms with Crippen molar-refractivity contribution in [1.82, 2.24) is 14.5 Å². The van der Waals surface area contributed by atoms with E-state index in [1.807, 2.05) is 5.48 Å². The smallest absolute Gasteiger partial charge is 0.167 e. The lowest BCUT2D eigenvalue weighted by atomic mass is 9.96. The van der Waals surface area contributed by atoms with Crippen molar-refractivity contribution in [2.45, 2.75) is 31.0 Å². The predicted octanol–water partition coefficient (Wildman–Crippen LogP) is -0.299. The summed E-state index contributed by atoms with van der Waals surface area (Å²) < 4.78 is 12.7. The fraction of sp³-hybridized carbons (Fsp3) is 0.500. The minimum Gasteiger partial charge on any atom is -0.394 e. The summed E-state index contributed by atoms with van der Waals surface area (Å²) in [6.07, 6.45) is 0.489. The van der Waals surface area contributed by atoms with Gasteiger partial charge in [0.05, 0.1) is 12.0 Å². The number of rotatable bonds is 5. The number of nitrogens with one attached hydrogen (secondary N) is 1. The summed E-state index contributed by atoms with van der Waals surface area (Å²) in [4.78, 5) is 19.4. The van der Waals surface area contributed by atoms with Gasteiger partial charge in [-0.2, -0.15) is 0 Å². The molecule has 0 aromatic carbocycles. The topological polar surface area (TPSA) is 139 Å². The van der Waals surface area contributed by atoms with Gasteiger partial charge in [-0.15, -0.1) is 0 Å². The van der Waals surface area contributed by atoms with Crippen LogP contribution in [0.2, 0.25) is 0 Å². The Balaban J connectivity index is 2.21. The highest BCUT2D eigenvalue weighted by Crippen LogP contribution is 2.42. The van der Waals surface area contributed by atoms with E-state index in [1.54, 1.807) is 6.92 Å². The van der Waals surface area contributed by atoms with Crippen LogP contribution in [0.25, 0.3) is 11.0 Å². The zero-order valence-electron chi connectivity index (χ0n) is 13.1. The van der Waals surface area contributed by atoms with Gasteiger partial charge in [-0.1, -0.05) is 0 Å². The van der Waals surface area contributed by atoms with Gasteiger partial charge in [-0.05, 0) is 6.92 Å². The highest BCUT2D eigenvalue weighted by Gasteiger charge is 2.54. The fourth-order valence-electron chi connectivity index (χ4n) is 3.06. The number of carbonyl (C=O) groups excluding carboxylic acids is 1. The van der Waals surface area contributed by atoms with Crippen LogP contribution in [-0.4, -0.2) is 67.8 Å². The van der Waals surface area contributed by atoms with Gasteiger partial charge in [-0.3, -0.25) is 15.5 Å². The molecule has 0 aliphatic carbocycles. The number of aromatic nitrogens is 3. The molecule has 2 aromatic heterocycles. The Kier molecular flexibility index (Phi) is 4.24. The van der Waals surface area contributed by atoms with Crippen molar-refractivity contribution in [2.24, 2.45) is 0 Å². The number of methoxy groups -OCH3 is 1. The monoisotopic (exact) mass is 338 g/mol. The lowest BCUT2D eigenvalue weighted by Gasteiger charge is -2.31. The fourth-order valence-corrected chi connectivity index (χ4v) is 3.06. The van der Waals surface area contributed by atoms with Gasteiger partial charge < -0.3 is 24.3 Å². The van der Waals surface area contributed by atoms with Crippen molar-refractivity contribution in [3.05, 3.63) is 18.1 Å². The largest absolute Gasteiger partial charge is 0.394 e. The molecule has 10 nitrogen and oxygen atoms in total. The van der Waals surface area contributed by atoms with E-state index in [-0.39, 0.29) is 11.4 Å². The maximum atomic E-state index is 11.4. The van der Waals surface area contributed by atoms with Crippen molar-refractivity contribution < 1.29 is 29.7 Å². The zero-order chi connectivity index (χ0) is 17.5. The lowest BCUT2D eigenvalue weighted by molar-refractivity contribution is -0.118. The average molecular weight is 338 g/mol. The number of nitrogens with zero attached hydrogens (tertiary/aromatic N) is 3. The second-order valence-corrected chi connectivity index (χ2v) is 5.68. The van der Waals surface area contributed by atoms with Crippen molar-refractivity contribution in [1.29, 1.82) is 0 Å². The molecule has 0 saturated carbocycles. The molecule has 3 heterocycles. The maximum Gasteiger partial charge on any atom is 0.167 e. The molecule has 4 atom stereocenters. The van der Waals surface area contributed by atoms with Crippen LogP contribution in [0.5, 0.6) is 0 Å². The lowest BCUT2D eigenvalue weighted by Crippen LogP contribution is -2.46. The van der Waals surface area contributed by atoms with Crippen LogP contribution in [0.3, 0.4) is 0 Å². The van der Waals surface area contributed by atoms with Crippen molar-refractivity contribution >= 4 is 23.1 Å². The van der Waals surface area contributed by atoms with E-state index in [9.17, 15) is 20.2 Å². The summed E-state index contributed by atoms with van der Waals surface area (Å²) in [7, 11) is 1.42. The van der Waals surface area contributed by atoms with Crippen LogP contribution >= 0.6 is 0 Å². The first-order chi connectivity index (χ1) is 11.5. The molecule has 0 amide bonds. The first-order valence-electron chi connectivity index (χ1n) is 7.22. The number of carbonyl (C=O) groups is 1. The molecule has 130 valence electrons. The van der Waals surface area contributed by atoms with Crippen LogP contribution in [0.1, 0.15) is 23.5 Å². The van der Waals surface area contributed by atoms with Gasteiger partial charge >= 0.3 is 0 Å². The van der Waals surface area contributed by atoms with E-state index < -0.39 is 30.6 Å². The molecule has 0 bridgehead atoms. The Morgan fingerprint density at radius 2 is 2.29 bits per heavy atom. The van der Waals surface area contributed by atoms with Gasteiger partial charge in [0.1, 0.15) is 29.8 Å². The number of aliphatic hydroxyl groups excluding tert-OH is 2. The third-order valence-electron chi connectivity index (χ3n) is 4.48. The van der Waals surface area contributed by atoms with E-state index in [0.29, 0.717) is 17.3 Å². The van der Waals surface area contributed by atoms with Crippen molar-refractivity contribution in [2.75, 3.05) is 19.2 Å². The molecule has 4 N–H and O–H groups in total. The molecule has 0 radical (unpaired) electrons. The third-order valence-corrected chi connectivity index (χ3v) is 4.48. The molecule has 10 heteroatoms. The molecule has 1 aliphatic rings. The molecule has 3 unspecified atom stereocenters. The molecule has 3 rings (SSSR count). The van der Waals surface area contributed by atoms with E-state index in [0.717, 1.165) is 0 Å². The Labute approximate surface area is 136 Å². The SMILES string of the molecule is COC1(C)C(O)C(CO)O[C@H]1n1cc(C=O)c2c(NO)ncnc21. The Morgan fingerprint density at radius 3 is 2.88 bits per heavy atom. The molecular weight excluding hydrogens is 320 g/mol.